The summed E-state index contributed by atoms with van der Waals surface area (Å²) in [6.45, 7) is 5.11. The molecule has 0 bridgehead atoms. The largest absolute Gasteiger partial charge is 0.497 e. The number of benzene rings is 2. The highest BCUT2D eigenvalue weighted by atomic mass is 32.2. The molecule has 3 aromatic rings. The molecular weight excluding hydrogens is 414 g/mol. The maximum atomic E-state index is 12.7. The Morgan fingerprint density at radius 3 is 2.68 bits per heavy atom. The van der Waals surface area contributed by atoms with Crippen molar-refractivity contribution < 1.29 is 14.3 Å². The van der Waals surface area contributed by atoms with E-state index in [-0.39, 0.29) is 11.2 Å². The summed E-state index contributed by atoms with van der Waals surface area (Å²) in [6, 6.07) is 15.5. The molecule has 2 aromatic carbocycles. The highest BCUT2D eigenvalue weighted by molar-refractivity contribution is 8.00. The van der Waals surface area contributed by atoms with E-state index in [0.717, 1.165) is 49.1 Å². The standard InChI is InChI=1S/C22H25N5O3S/c1-16(31-22-25-23-15-27(22)19-4-3-5-20(14-19)29-2)21(28)24-17-6-8-18(9-7-17)26-10-12-30-13-11-26/h3-9,14-16H,10-13H2,1-2H3,(H,24,28). The molecule has 2 heterocycles. The predicted molar refractivity (Wildman–Crippen MR) is 121 cm³/mol. The summed E-state index contributed by atoms with van der Waals surface area (Å²) < 4.78 is 12.5. The third kappa shape index (κ3) is 5.18. The van der Waals surface area contributed by atoms with Crippen molar-refractivity contribution in [3.63, 3.8) is 0 Å². The number of aromatic nitrogens is 3. The first kappa shape index (κ1) is 21.2. The SMILES string of the molecule is COc1cccc(-n2cnnc2SC(C)C(=O)Nc2ccc(N3CCOCC3)cc2)c1. The number of nitrogens with one attached hydrogen (secondary N) is 1. The van der Waals surface area contributed by atoms with Crippen molar-refractivity contribution in [1.82, 2.24) is 14.8 Å². The van der Waals surface area contributed by atoms with Crippen LogP contribution in [0.2, 0.25) is 0 Å². The second kappa shape index (κ2) is 9.84. The van der Waals surface area contributed by atoms with Crippen molar-refractivity contribution in [2.75, 3.05) is 43.6 Å². The van der Waals surface area contributed by atoms with Crippen molar-refractivity contribution in [3.8, 4) is 11.4 Å². The maximum Gasteiger partial charge on any atom is 0.237 e. The van der Waals surface area contributed by atoms with Crippen LogP contribution in [0.4, 0.5) is 11.4 Å². The average molecular weight is 440 g/mol. The fraction of sp³-hybridized carbons (Fsp3) is 0.318. The number of anilines is 2. The lowest BCUT2D eigenvalue weighted by atomic mass is 10.2. The Labute approximate surface area is 185 Å². The molecule has 1 fully saturated rings. The zero-order valence-electron chi connectivity index (χ0n) is 17.5. The van der Waals surface area contributed by atoms with Gasteiger partial charge in [-0.15, -0.1) is 10.2 Å². The number of methoxy groups -OCH3 is 1. The molecular formula is C22H25N5O3S. The Balaban J connectivity index is 1.39. The van der Waals surface area contributed by atoms with Gasteiger partial charge in [-0.25, -0.2) is 0 Å². The van der Waals surface area contributed by atoms with Crippen molar-refractivity contribution >= 4 is 29.0 Å². The molecule has 31 heavy (non-hydrogen) atoms. The van der Waals surface area contributed by atoms with Gasteiger partial charge in [0.25, 0.3) is 0 Å². The number of thioether (sulfide) groups is 1. The van der Waals surface area contributed by atoms with E-state index in [0.29, 0.717) is 5.16 Å². The third-order valence-corrected chi connectivity index (χ3v) is 6.07. The van der Waals surface area contributed by atoms with Crippen LogP contribution < -0.4 is 15.0 Å². The van der Waals surface area contributed by atoms with Gasteiger partial charge in [0.2, 0.25) is 5.91 Å². The van der Waals surface area contributed by atoms with Crippen LogP contribution in [0.25, 0.3) is 5.69 Å². The van der Waals surface area contributed by atoms with E-state index in [2.05, 4.69) is 20.4 Å². The molecule has 1 aromatic heterocycles. The molecule has 1 unspecified atom stereocenters. The molecule has 0 saturated carbocycles. The monoisotopic (exact) mass is 439 g/mol. The van der Waals surface area contributed by atoms with Gasteiger partial charge in [-0.3, -0.25) is 9.36 Å². The predicted octanol–water partition coefficient (Wildman–Crippen LogP) is 3.23. The van der Waals surface area contributed by atoms with Gasteiger partial charge in [0.15, 0.2) is 5.16 Å². The average Bonchev–Trinajstić information content (AvgIpc) is 3.28. The Morgan fingerprint density at radius 2 is 1.94 bits per heavy atom. The Morgan fingerprint density at radius 1 is 1.16 bits per heavy atom. The van der Waals surface area contributed by atoms with E-state index in [1.807, 2.05) is 60.0 Å². The zero-order valence-corrected chi connectivity index (χ0v) is 18.3. The highest BCUT2D eigenvalue weighted by Crippen LogP contribution is 2.26. The summed E-state index contributed by atoms with van der Waals surface area (Å²) in [7, 11) is 1.63. The van der Waals surface area contributed by atoms with Gasteiger partial charge in [-0.05, 0) is 43.3 Å². The van der Waals surface area contributed by atoms with Crippen molar-refractivity contribution in [3.05, 3.63) is 54.9 Å². The van der Waals surface area contributed by atoms with Crippen molar-refractivity contribution in [2.24, 2.45) is 0 Å². The second-order valence-corrected chi connectivity index (χ2v) is 8.39. The Bertz CT molecular complexity index is 1020. The number of ether oxygens (including phenoxy) is 2. The van der Waals surface area contributed by atoms with Gasteiger partial charge in [-0.1, -0.05) is 17.8 Å². The van der Waals surface area contributed by atoms with Crippen molar-refractivity contribution in [2.45, 2.75) is 17.3 Å². The van der Waals surface area contributed by atoms with Gasteiger partial charge in [0.1, 0.15) is 12.1 Å². The summed E-state index contributed by atoms with van der Waals surface area (Å²) >= 11 is 1.35. The lowest BCUT2D eigenvalue weighted by molar-refractivity contribution is -0.115. The topological polar surface area (TPSA) is 81.5 Å². The van der Waals surface area contributed by atoms with E-state index in [1.54, 1.807) is 13.4 Å². The lowest BCUT2D eigenvalue weighted by Crippen LogP contribution is -2.36. The van der Waals surface area contributed by atoms with Gasteiger partial charge in [-0.2, -0.15) is 0 Å². The van der Waals surface area contributed by atoms with Gasteiger partial charge < -0.3 is 19.7 Å². The highest BCUT2D eigenvalue weighted by Gasteiger charge is 2.19. The maximum absolute atomic E-state index is 12.7. The zero-order chi connectivity index (χ0) is 21.6. The van der Waals surface area contributed by atoms with Crippen molar-refractivity contribution in [1.29, 1.82) is 0 Å². The quantitative estimate of drug-likeness (QED) is 0.566. The molecule has 4 rings (SSSR count). The number of nitrogens with zero attached hydrogens (tertiary/aromatic N) is 4. The van der Waals surface area contributed by atoms with Crippen LogP contribution >= 0.6 is 11.8 Å². The van der Waals surface area contributed by atoms with Crippen LogP contribution in [0.1, 0.15) is 6.92 Å². The number of hydrogen-bond donors (Lipinski definition) is 1. The van der Waals surface area contributed by atoms with E-state index in [4.69, 9.17) is 9.47 Å². The van der Waals surface area contributed by atoms with Crippen LogP contribution in [0, 0.1) is 0 Å². The number of rotatable bonds is 7. The first-order chi connectivity index (χ1) is 15.1. The molecule has 0 spiro atoms. The summed E-state index contributed by atoms with van der Waals surface area (Å²) in [5, 5.41) is 11.5. The van der Waals surface area contributed by atoms with Crippen LogP contribution in [0.3, 0.4) is 0 Å². The van der Waals surface area contributed by atoms with Crippen LogP contribution in [0.5, 0.6) is 5.75 Å². The molecule has 1 aliphatic heterocycles. The number of hydrogen-bond acceptors (Lipinski definition) is 7. The van der Waals surface area contributed by atoms with Gasteiger partial charge in [0, 0.05) is 30.5 Å². The van der Waals surface area contributed by atoms with E-state index >= 15 is 0 Å². The molecule has 1 saturated heterocycles. The lowest BCUT2D eigenvalue weighted by Gasteiger charge is -2.28. The summed E-state index contributed by atoms with van der Waals surface area (Å²) in [5.74, 6) is 0.651. The fourth-order valence-corrected chi connectivity index (χ4v) is 4.12. The first-order valence-corrected chi connectivity index (χ1v) is 11.0. The van der Waals surface area contributed by atoms with Gasteiger partial charge in [0.05, 0.1) is 31.3 Å². The number of morpholine rings is 1. The minimum Gasteiger partial charge on any atom is -0.497 e. The van der Waals surface area contributed by atoms with Gasteiger partial charge >= 0.3 is 0 Å². The van der Waals surface area contributed by atoms with Crippen LogP contribution in [0.15, 0.2) is 60.0 Å². The summed E-state index contributed by atoms with van der Waals surface area (Å²) in [4.78, 5) is 15.0. The Hall–Kier alpha value is -3.04. The minimum absolute atomic E-state index is 0.0932. The minimum atomic E-state index is -0.354. The number of carbonyl (C=O) groups is 1. The molecule has 0 aliphatic carbocycles. The molecule has 1 N–H and O–H groups in total. The van der Waals surface area contributed by atoms with Crippen LogP contribution in [-0.4, -0.2) is 59.3 Å². The molecule has 1 atom stereocenters. The van der Waals surface area contributed by atoms with Crippen LogP contribution in [-0.2, 0) is 9.53 Å². The molecule has 9 heteroatoms. The third-order valence-electron chi connectivity index (χ3n) is 5.01. The smallest absolute Gasteiger partial charge is 0.237 e. The summed E-state index contributed by atoms with van der Waals surface area (Å²) in [5.41, 5.74) is 2.77. The molecule has 1 amide bonds. The fourth-order valence-electron chi connectivity index (χ4n) is 3.27. The van der Waals surface area contributed by atoms with E-state index in [1.165, 1.54) is 11.8 Å². The van der Waals surface area contributed by atoms with E-state index in [9.17, 15) is 4.79 Å². The molecule has 162 valence electrons. The Kier molecular flexibility index (Phi) is 6.73. The normalized spacial score (nSPS) is 14.8. The van der Waals surface area contributed by atoms with E-state index < -0.39 is 0 Å². The number of amides is 1. The molecule has 0 radical (unpaired) electrons. The molecule has 8 nitrogen and oxygen atoms in total. The number of carbonyl (C=O) groups excluding carboxylic acids is 1. The second-order valence-electron chi connectivity index (χ2n) is 7.08. The molecule has 1 aliphatic rings. The first-order valence-electron chi connectivity index (χ1n) is 10.1. The summed E-state index contributed by atoms with van der Waals surface area (Å²) in [6.07, 6.45) is 1.63.